The molecule has 28 heavy (non-hydrogen) atoms. The Balaban J connectivity index is 2.12. The third kappa shape index (κ3) is 3.67. The van der Waals surface area contributed by atoms with Crippen LogP contribution in [-0.4, -0.2) is 35.0 Å². The number of hydrogen-bond acceptors (Lipinski definition) is 6. The Hall–Kier alpha value is -2.67. The molecule has 0 aliphatic carbocycles. The Morgan fingerprint density at radius 3 is 2.54 bits per heavy atom. The number of benzene rings is 1. The topological polar surface area (TPSA) is 84.4 Å². The molecule has 3 atom stereocenters. The molecule has 0 fully saturated rings. The highest BCUT2D eigenvalue weighted by Gasteiger charge is 2.40. The summed E-state index contributed by atoms with van der Waals surface area (Å²) in [7, 11) is 1.34. The number of aromatic nitrogens is 2. The Bertz CT molecular complexity index is 888. The van der Waals surface area contributed by atoms with E-state index in [1.807, 2.05) is 4.90 Å². The predicted octanol–water partition coefficient (Wildman–Crippen LogP) is 3.85. The number of carbonyl (C=O) groups excluding carboxylic acids is 2. The summed E-state index contributed by atoms with van der Waals surface area (Å²) >= 11 is 5.89. The molecule has 0 saturated carbocycles. The molecule has 2 heterocycles. The van der Waals surface area contributed by atoms with E-state index in [9.17, 15) is 9.59 Å². The van der Waals surface area contributed by atoms with Gasteiger partial charge >= 0.3 is 5.97 Å². The van der Waals surface area contributed by atoms with Crippen LogP contribution in [0.25, 0.3) is 0 Å². The Labute approximate surface area is 169 Å². The lowest BCUT2D eigenvalue weighted by Crippen LogP contribution is -2.49. The Morgan fingerprint density at radius 1 is 1.29 bits per heavy atom. The third-order valence-corrected chi connectivity index (χ3v) is 5.37. The smallest absolute Gasteiger partial charge is 0.337 e. The van der Waals surface area contributed by atoms with E-state index in [4.69, 9.17) is 16.3 Å². The van der Waals surface area contributed by atoms with Gasteiger partial charge in [-0.1, -0.05) is 25.4 Å². The summed E-state index contributed by atoms with van der Waals surface area (Å²) in [6, 6.07) is 5.06. The van der Waals surface area contributed by atoms with E-state index in [0.717, 1.165) is 17.7 Å². The van der Waals surface area contributed by atoms with Crippen LogP contribution in [0, 0.1) is 5.92 Å². The lowest BCUT2D eigenvalue weighted by Gasteiger charge is -2.45. The Kier molecular flexibility index (Phi) is 5.84. The van der Waals surface area contributed by atoms with Crippen molar-refractivity contribution in [3.63, 3.8) is 0 Å². The fourth-order valence-electron chi connectivity index (χ4n) is 3.88. The predicted molar refractivity (Wildman–Crippen MR) is 108 cm³/mol. The maximum atomic E-state index is 12.4. The van der Waals surface area contributed by atoms with Crippen molar-refractivity contribution < 1.29 is 14.3 Å². The minimum absolute atomic E-state index is 0.00113. The van der Waals surface area contributed by atoms with E-state index < -0.39 is 5.97 Å². The number of nitrogens with zero attached hydrogens (tertiary/aromatic N) is 3. The van der Waals surface area contributed by atoms with Crippen LogP contribution in [0.4, 0.5) is 11.6 Å². The molecular formula is C20H23ClN4O3. The van der Waals surface area contributed by atoms with Crippen LogP contribution in [0.3, 0.4) is 0 Å². The van der Waals surface area contributed by atoms with E-state index in [1.165, 1.54) is 19.5 Å². The normalized spacial score (nSPS) is 21.0. The fourth-order valence-corrected chi connectivity index (χ4v) is 3.98. The van der Waals surface area contributed by atoms with Gasteiger partial charge in [0.15, 0.2) is 0 Å². The van der Waals surface area contributed by atoms with Crippen LogP contribution < -0.4 is 10.2 Å². The molecule has 1 amide bonds. The molecule has 3 rings (SSSR count). The second-order valence-electron chi connectivity index (χ2n) is 6.84. The largest absolute Gasteiger partial charge is 0.465 e. The van der Waals surface area contributed by atoms with Crippen LogP contribution in [0.5, 0.6) is 0 Å². The number of hydrogen-bond donors (Lipinski definition) is 1. The molecule has 0 radical (unpaired) electrons. The summed E-state index contributed by atoms with van der Waals surface area (Å²) in [5.74, 6) is 0.0197. The number of methoxy groups -OCH3 is 1. The summed E-state index contributed by atoms with van der Waals surface area (Å²) in [4.78, 5) is 34.8. The van der Waals surface area contributed by atoms with Gasteiger partial charge in [-0.15, -0.1) is 0 Å². The van der Waals surface area contributed by atoms with Gasteiger partial charge in [0.2, 0.25) is 11.9 Å². The highest BCUT2D eigenvalue weighted by Crippen LogP contribution is 2.43. The van der Waals surface area contributed by atoms with Crippen LogP contribution in [-0.2, 0) is 9.53 Å². The first-order chi connectivity index (χ1) is 13.4. The zero-order valence-electron chi connectivity index (χ0n) is 16.3. The average Bonchev–Trinajstić information content (AvgIpc) is 2.69. The molecule has 148 valence electrons. The molecule has 1 aromatic heterocycles. The van der Waals surface area contributed by atoms with Crippen LogP contribution in [0.2, 0.25) is 5.02 Å². The van der Waals surface area contributed by atoms with Gasteiger partial charge in [0, 0.05) is 24.6 Å². The van der Waals surface area contributed by atoms with Gasteiger partial charge in [-0.3, -0.25) is 4.79 Å². The van der Waals surface area contributed by atoms with Gasteiger partial charge in [-0.05, 0) is 30.2 Å². The van der Waals surface area contributed by atoms with Crippen molar-refractivity contribution in [1.29, 1.82) is 0 Å². The van der Waals surface area contributed by atoms with Crippen LogP contribution >= 0.6 is 11.6 Å². The maximum Gasteiger partial charge on any atom is 0.337 e. The van der Waals surface area contributed by atoms with Crippen molar-refractivity contribution in [3.8, 4) is 0 Å². The molecule has 1 aliphatic rings. The number of halogens is 1. The molecule has 0 unspecified atom stereocenters. The number of rotatable bonds is 4. The lowest BCUT2D eigenvalue weighted by atomic mass is 9.80. The molecule has 0 spiro atoms. The fraction of sp³-hybridized carbons (Fsp3) is 0.400. The van der Waals surface area contributed by atoms with E-state index in [2.05, 4.69) is 29.1 Å². The lowest BCUT2D eigenvalue weighted by molar-refractivity contribution is -0.117. The third-order valence-electron chi connectivity index (χ3n) is 5.17. The second-order valence-corrected chi connectivity index (χ2v) is 7.27. The van der Waals surface area contributed by atoms with Gasteiger partial charge in [-0.25, -0.2) is 14.8 Å². The zero-order chi connectivity index (χ0) is 20.4. The summed E-state index contributed by atoms with van der Waals surface area (Å²) in [5, 5.41) is 3.80. The van der Waals surface area contributed by atoms with Crippen molar-refractivity contribution in [3.05, 3.63) is 46.7 Å². The maximum absolute atomic E-state index is 12.4. The van der Waals surface area contributed by atoms with Gasteiger partial charge in [-0.2, -0.15) is 0 Å². The quantitative estimate of drug-likeness (QED) is 0.782. The van der Waals surface area contributed by atoms with Crippen molar-refractivity contribution in [2.45, 2.75) is 39.3 Å². The van der Waals surface area contributed by atoms with Crippen molar-refractivity contribution in [2.75, 3.05) is 17.3 Å². The average molecular weight is 403 g/mol. The first kappa shape index (κ1) is 20.1. The Morgan fingerprint density at radius 2 is 1.96 bits per heavy atom. The van der Waals surface area contributed by atoms with E-state index in [-0.39, 0.29) is 23.9 Å². The number of carbonyl (C=O) groups is 2. The van der Waals surface area contributed by atoms with Crippen molar-refractivity contribution in [1.82, 2.24) is 9.97 Å². The molecule has 1 aliphatic heterocycles. The van der Waals surface area contributed by atoms with Crippen molar-refractivity contribution >= 4 is 35.1 Å². The molecule has 0 bridgehead atoms. The SMILES string of the molecule is CC[C@H]1[C@@H](C)[C@H](Nc2ncc(Cl)cn2)c2cc(C(=O)OC)ccc2N1C(C)=O. The number of anilines is 2. The molecule has 7 nitrogen and oxygen atoms in total. The summed E-state index contributed by atoms with van der Waals surface area (Å²) in [6.45, 7) is 5.69. The minimum atomic E-state index is -0.427. The molecule has 1 aromatic carbocycles. The molecular weight excluding hydrogens is 380 g/mol. The summed E-state index contributed by atoms with van der Waals surface area (Å²) in [6.07, 6.45) is 3.84. The number of esters is 1. The molecule has 1 N–H and O–H groups in total. The minimum Gasteiger partial charge on any atom is -0.465 e. The molecule has 0 saturated heterocycles. The number of fused-ring (bicyclic) bond motifs is 1. The van der Waals surface area contributed by atoms with Crippen LogP contribution in [0.15, 0.2) is 30.6 Å². The standard InChI is InChI=1S/C20H23ClN4O3/c1-5-16-11(2)18(24-20-22-9-14(21)10-23-20)15-8-13(19(27)28-4)6-7-17(15)25(16)12(3)26/h6-11,16,18H,5H2,1-4H3,(H,22,23,24)/t11-,16+,18+/m1/s1. The number of ether oxygens (including phenoxy) is 1. The van der Waals surface area contributed by atoms with E-state index >= 15 is 0 Å². The first-order valence-electron chi connectivity index (χ1n) is 9.13. The summed E-state index contributed by atoms with van der Waals surface area (Å²) < 4.78 is 4.86. The molecule has 2 aromatic rings. The monoisotopic (exact) mass is 402 g/mol. The highest BCUT2D eigenvalue weighted by atomic mass is 35.5. The first-order valence-corrected chi connectivity index (χ1v) is 9.51. The van der Waals surface area contributed by atoms with Crippen molar-refractivity contribution in [2.24, 2.45) is 5.92 Å². The van der Waals surface area contributed by atoms with E-state index in [0.29, 0.717) is 16.5 Å². The number of amides is 1. The van der Waals surface area contributed by atoms with Crippen LogP contribution in [0.1, 0.15) is 49.2 Å². The van der Waals surface area contributed by atoms with Gasteiger partial charge < -0.3 is 15.0 Å². The summed E-state index contributed by atoms with van der Waals surface area (Å²) in [5.41, 5.74) is 2.03. The van der Waals surface area contributed by atoms with Gasteiger partial charge in [0.05, 0.1) is 36.1 Å². The van der Waals surface area contributed by atoms with E-state index in [1.54, 1.807) is 25.1 Å². The zero-order valence-corrected chi connectivity index (χ0v) is 17.0. The second kappa shape index (κ2) is 8.14. The highest BCUT2D eigenvalue weighted by molar-refractivity contribution is 6.30. The van der Waals surface area contributed by atoms with Gasteiger partial charge in [0.1, 0.15) is 0 Å². The number of nitrogens with one attached hydrogen (secondary N) is 1. The molecule has 8 heteroatoms. The van der Waals surface area contributed by atoms with Gasteiger partial charge in [0.25, 0.3) is 0 Å².